The van der Waals surface area contributed by atoms with E-state index in [2.05, 4.69) is 17.3 Å². The van der Waals surface area contributed by atoms with Gasteiger partial charge in [-0.2, -0.15) is 0 Å². The lowest BCUT2D eigenvalue weighted by Gasteiger charge is -2.29. The predicted molar refractivity (Wildman–Crippen MR) is 106 cm³/mol. The molecular formula is C22H26N2O2. The fourth-order valence-corrected chi connectivity index (χ4v) is 2.95. The lowest BCUT2D eigenvalue weighted by molar-refractivity contribution is -0.111. The monoisotopic (exact) mass is 350 g/mol. The Morgan fingerprint density at radius 3 is 2.38 bits per heavy atom. The maximum Gasteiger partial charge on any atom is 0.248 e. The summed E-state index contributed by atoms with van der Waals surface area (Å²) in [6.07, 6.45) is 5.75. The van der Waals surface area contributed by atoms with Gasteiger partial charge < -0.3 is 15.0 Å². The average Bonchev–Trinajstić information content (AvgIpc) is 2.65. The van der Waals surface area contributed by atoms with Crippen molar-refractivity contribution in [1.82, 2.24) is 4.90 Å². The zero-order chi connectivity index (χ0) is 18.4. The number of benzene rings is 2. The Kier molecular flexibility index (Phi) is 6.08. The summed E-state index contributed by atoms with van der Waals surface area (Å²) < 4.78 is 6.03. The quantitative estimate of drug-likeness (QED) is 0.825. The fraction of sp³-hybridized carbons (Fsp3) is 0.318. The molecule has 136 valence electrons. The van der Waals surface area contributed by atoms with Crippen LogP contribution in [0.1, 0.15) is 24.0 Å². The Bertz CT molecular complexity index is 743. The first-order chi connectivity index (χ1) is 12.6. The van der Waals surface area contributed by atoms with Crippen LogP contribution >= 0.6 is 0 Å². The number of hydrogen-bond acceptors (Lipinski definition) is 3. The number of carbonyl (C=O) groups excluding carboxylic acids is 1. The second-order valence-electron chi connectivity index (χ2n) is 6.88. The molecule has 0 spiro atoms. The van der Waals surface area contributed by atoms with E-state index in [1.54, 1.807) is 6.08 Å². The van der Waals surface area contributed by atoms with Crippen LogP contribution in [0.4, 0.5) is 5.69 Å². The Labute approximate surface area is 155 Å². The Morgan fingerprint density at radius 1 is 1.08 bits per heavy atom. The topological polar surface area (TPSA) is 41.6 Å². The number of anilines is 1. The summed E-state index contributed by atoms with van der Waals surface area (Å²) >= 11 is 0. The van der Waals surface area contributed by atoms with Crippen molar-refractivity contribution < 1.29 is 9.53 Å². The highest BCUT2D eigenvalue weighted by Gasteiger charge is 2.17. The molecule has 4 nitrogen and oxygen atoms in total. The molecular weight excluding hydrogens is 324 g/mol. The number of ether oxygens (including phenoxy) is 1. The summed E-state index contributed by atoms with van der Waals surface area (Å²) in [5.41, 5.74) is 2.97. The van der Waals surface area contributed by atoms with E-state index < -0.39 is 0 Å². The molecule has 2 aromatic carbocycles. The standard InChI is InChI=1S/C22H26N2O2/c1-17-3-5-18(6-4-17)7-12-22(25)23-19-8-10-20(11-9-19)26-21-13-15-24(2)16-14-21/h3-12,21H,13-16H2,1-2H3,(H,23,25)/b12-7+. The van der Waals surface area contributed by atoms with E-state index in [9.17, 15) is 4.79 Å². The molecule has 3 rings (SSSR count). The van der Waals surface area contributed by atoms with E-state index in [1.807, 2.05) is 61.5 Å². The van der Waals surface area contributed by atoms with Gasteiger partial charge in [-0.3, -0.25) is 4.79 Å². The molecule has 0 radical (unpaired) electrons. The molecule has 1 aliphatic heterocycles. The number of aryl methyl sites for hydroxylation is 1. The number of nitrogens with one attached hydrogen (secondary N) is 1. The molecule has 0 saturated carbocycles. The number of amides is 1. The molecule has 1 aliphatic rings. The third kappa shape index (κ3) is 5.46. The van der Waals surface area contributed by atoms with Gasteiger partial charge >= 0.3 is 0 Å². The van der Waals surface area contributed by atoms with Crippen LogP contribution in [0.3, 0.4) is 0 Å². The molecule has 1 amide bonds. The Morgan fingerprint density at radius 2 is 1.73 bits per heavy atom. The molecule has 1 N–H and O–H groups in total. The Balaban J connectivity index is 1.50. The van der Waals surface area contributed by atoms with Gasteiger partial charge in [0, 0.05) is 24.9 Å². The second-order valence-corrected chi connectivity index (χ2v) is 6.88. The van der Waals surface area contributed by atoms with Crippen LogP contribution in [-0.2, 0) is 4.79 Å². The lowest BCUT2D eigenvalue weighted by atomic mass is 10.1. The minimum Gasteiger partial charge on any atom is -0.490 e. The Hall–Kier alpha value is -2.59. The number of carbonyl (C=O) groups is 1. The van der Waals surface area contributed by atoms with Crippen LogP contribution < -0.4 is 10.1 Å². The SMILES string of the molecule is Cc1ccc(/C=C/C(=O)Nc2ccc(OC3CCN(C)CC3)cc2)cc1. The van der Waals surface area contributed by atoms with Crippen LogP contribution in [0.25, 0.3) is 6.08 Å². The molecule has 1 fully saturated rings. The molecule has 0 atom stereocenters. The summed E-state index contributed by atoms with van der Waals surface area (Å²) in [7, 11) is 2.14. The van der Waals surface area contributed by atoms with E-state index >= 15 is 0 Å². The number of nitrogens with zero attached hydrogens (tertiary/aromatic N) is 1. The van der Waals surface area contributed by atoms with Gasteiger partial charge in [-0.25, -0.2) is 0 Å². The molecule has 0 aromatic heterocycles. The number of piperidine rings is 1. The normalized spacial score (nSPS) is 15.9. The minimum atomic E-state index is -0.144. The van der Waals surface area contributed by atoms with Gasteiger partial charge in [0.05, 0.1) is 0 Å². The van der Waals surface area contributed by atoms with Crippen LogP contribution in [0.5, 0.6) is 5.75 Å². The molecule has 2 aromatic rings. The highest BCUT2D eigenvalue weighted by Crippen LogP contribution is 2.20. The first kappa shape index (κ1) is 18.2. The maximum absolute atomic E-state index is 12.1. The summed E-state index contributed by atoms with van der Waals surface area (Å²) in [6.45, 7) is 4.19. The number of likely N-dealkylation sites (tertiary alicyclic amines) is 1. The molecule has 4 heteroatoms. The van der Waals surface area contributed by atoms with E-state index in [0.717, 1.165) is 42.9 Å². The summed E-state index contributed by atoms with van der Waals surface area (Å²) in [6, 6.07) is 15.6. The van der Waals surface area contributed by atoms with E-state index in [4.69, 9.17) is 4.74 Å². The van der Waals surface area contributed by atoms with Crippen molar-refractivity contribution in [3.05, 3.63) is 65.7 Å². The summed E-state index contributed by atoms with van der Waals surface area (Å²) in [5.74, 6) is 0.710. The average molecular weight is 350 g/mol. The van der Waals surface area contributed by atoms with Gasteiger partial charge in [0.2, 0.25) is 5.91 Å². The van der Waals surface area contributed by atoms with Gasteiger partial charge in [-0.1, -0.05) is 29.8 Å². The second kappa shape index (κ2) is 8.68. The number of rotatable bonds is 5. The van der Waals surface area contributed by atoms with Gasteiger partial charge in [-0.15, -0.1) is 0 Å². The first-order valence-corrected chi connectivity index (χ1v) is 9.09. The summed E-state index contributed by atoms with van der Waals surface area (Å²) in [4.78, 5) is 14.4. The third-order valence-electron chi connectivity index (χ3n) is 4.59. The zero-order valence-electron chi connectivity index (χ0n) is 15.4. The van der Waals surface area contributed by atoms with E-state index in [0.29, 0.717) is 0 Å². The van der Waals surface area contributed by atoms with Crippen molar-refractivity contribution in [2.24, 2.45) is 0 Å². The third-order valence-corrected chi connectivity index (χ3v) is 4.59. The van der Waals surface area contributed by atoms with E-state index in [-0.39, 0.29) is 12.0 Å². The fourth-order valence-electron chi connectivity index (χ4n) is 2.95. The van der Waals surface area contributed by atoms with Crippen LogP contribution in [-0.4, -0.2) is 37.0 Å². The van der Waals surface area contributed by atoms with Crippen molar-refractivity contribution in [2.45, 2.75) is 25.9 Å². The molecule has 1 saturated heterocycles. The smallest absolute Gasteiger partial charge is 0.248 e. The lowest BCUT2D eigenvalue weighted by Crippen LogP contribution is -2.35. The molecule has 1 heterocycles. The molecule has 0 aliphatic carbocycles. The first-order valence-electron chi connectivity index (χ1n) is 9.09. The van der Waals surface area contributed by atoms with Crippen molar-refractivity contribution in [2.75, 3.05) is 25.5 Å². The number of hydrogen-bond donors (Lipinski definition) is 1. The van der Waals surface area contributed by atoms with Crippen LogP contribution in [0, 0.1) is 6.92 Å². The van der Waals surface area contributed by atoms with Gasteiger partial charge in [-0.05, 0) is 62.7 Å². The van der Waals surface area contributed by atoms with Crippen molar-refractivity contribution >= 4 is 17.7 Å². The largest absolute Gasteiger partial charge is 0.490 e. The van der Waals surface area contributed by atoms with Crippen LogP contribution in [0.2, 0.25) is 0 Å². The van der Waals surface area contributed by atoms with Gasteiger partial charge in [0.1, 0.15) is 11.9 Å². The van der Waals surface area contributed by atoms with Gasteiger partial charge in [0.25, 0.3) is 0 Å². The van der Waals surface area contributed by atoms with Crippen LogP contribution in [0.15, 0.2) is 54.6 Å². The van der Waals surface area contributed by atoms with Crippen molar-refractivity contribution in [3.63, 3.8) is 0 Å². The maximum atomic E-state index is 12.1. The zero-order valence-corrected chi connectivity index (χ0v) is 15.4. The highest BCUT2D eigenvalue weighted by atomic mass is 16.5. The predicted octanol–water partition coefficient (Wildman–Crippen LogP) is 4.12. The summed E-state index contributed by atoms with van der Waals surface area (Å²) in [5, 5.41) is 2.87. The minimum absolute atomic E-state index is 0.144. The van der Waals surface area contributed by atoms with E-state index in [1.165, 1.54) is 5.56 Å². The molecule has 0 unspecified atom stereocenters. The van der Waals surface area contributed by atoms with Crippen molar-refractivity contribution in [3.8, 4) is 5.75 Å². The molecule has 26 heavy (non-hydrogen) atoms. The van der Waals surface area contributed by atoms with Gasteiger partial charge in [0.15, 0.2) is 0 Å². The molecule has 0 bridgehead atoms. The van der Waals surface area contributed by atoms with Crippen molar-refractivity contribution in [1.29, 1.82) is 0 Å². The highest BCUT2D eigenvalue weighted by molar-refractivity contribution is 6.01.